The molecule has 19 heavy (non-hydrogen) atoms. The molecule has 0 aromatic heterocycles. The fourth-order valence-electron chi connectivity index (χ4n) is 2.44. The summed E-state index contributed by atoms with van der Waals surface area (Å²) in [5.41, 5.74) is 1.00. The average Bonchev–Trinajstić information content (AvgIpc) is 3.29. The molecule has 1 aromatic carbocycles. The van der Waals surface area contributed by atoms with Crippen LogP contribution >= 0.6 is 0 Å². The first-order chi connectivity index (χ1) is 9.15. The van der Waals surface area contributed by atoms with Gasteiger partial charge in [-0.05, 0) is 49.3 Å². The third-order valence-corrected chi connectivity index (χ3v) is 4.02. The third kappa shape index (κ3) is 2.88. The molecule has 2 amide bonds. The van der Waals surface area contributed by atoms with Crippen molar-refractivity contribution in [2.45, 2.75) is 37.8 Å². The van der Waals surface area contributed by atoms with Gasteiger partial charge in [0.05, 0.1) is 6.04 Å². The first kappa shape index (κ1) is 12.5. The van der Waals surface area contributed by atoms with Crippen LogP contribution in [0.2, 0.25) is 0 Å². The van der Waals surface area contributed by atoms with Crippen LogP contribution < -0.4 is 5.32 Å². The van der Waals surface area contributed by atoms with Crippen molar-refractivity contribution in [2.24, 2.45) is 5.92 Å². The van der Waals surface area contributed by atoms with Crippen molar-refractivity contribution in [3.63, 3.8) is 0 Å². The van der Waals surface area contributed by atoms with Crippen molar-refractivity contribution in [3.8, 4) is 0 Å². The third-order valence-electron chi connectivity index (χ3n) is 4.02. The monoisotopic (exact) mass is 262 g/mol. The van der Waals surface area contributed by atoms with Crippen LogP contribution in [0.25, 0.3) is 0 Å². The number of nitrogens with one attached hydrogen (secondary N) is 1. The highest BCUT2D eigenvalue weighted by Crippen LogP contribution is 2.41. The van der Waals surface area contributed by atoms with E-state index >= 15 is 0 Å². The molecule has 4 heteroatoms. The van der Waals surface area contributed by atoms with E-state index in [4.69, 9.17) is 0 Å². The van der Waals surface area contributed by atoms with E-state index < -0.39 is 0 Å². The van der Waals surface area contributed by atoms with Crippen molar-refractivity contribution in [2.75, 3.05) is 7.05 Å². The number of urea groups is 1. The standard InChI is InChI=1S/C15H19FN2O/c1-18(13-8-9-13)15(19)17-14(10-2-3-10)11-4-6-12(16)7-5-11/h4-7,10,13-14H,2-3,8-9H2,1H3,(H,17,19)/t14-/m0/s1. The number of rotatable bonds is 4. The molecule has 0 radical (unpaired) electrons. The van der Waals surface area contributed by atoms with Crippen molar-refractivity contribution >= 4 is 6.03 Å². The van der Waals surface area contributed by atoms with E-state index in [1.165, 1.54) is 12.1 Å². The van der Waals surface area contributed by atoms with E-state index in [2.05, 4.69) is 5.32 Å². The van der Waals surface area contributed by atoms with E-state index in [1.54, 1.807) is 17.0 Å². The Morgan fingerprint density at radius 1 is 1.26 bits per heavy atom. The molecule has 2 aliphatic rings. The predicted octanol–water partition coefficient (Wildman–Crippen LogP) is 3.08. The van der Waals surface area contributed by atoms with E-state index in [0.717, 1.165) is 31.2 Å². The van der Waals surface area contributed by atoms with Gasteiger partial charge < -0.3 is 10.2 Å². The Morgan fingerprint density at radius 3 is 2.42 bits per heavy atom. The van der Waals surface area contributed by atoms with Crippen LogP contribution in [-0.4, -0.2) is 24.0 Å². The van der Waals surface area contributed by atoms with Crippen LogP contribution in [0.4, 0.5) is 9.18 Å². The second-order valence-corrected chi connectivity index (χ2v) is 5.66. The number of hydrogen-bond acceptors (Lipinski definition) is 1. The number of hydrogen-bond donors (Lipinski definition) is 1. The van der Waals surface area contributed by atoms with E-state index in [1.807, 2.05) is 7.05 Å². The lowest BCUT2D eigenvalue weighted by Gasteiger charge is -2.24. The summed E-state index contributed by atoms with van der Waals surface area (Å²) in [6.07, 6.45) is 4.48. The zero-order valence-corrected chi connectivity index (χ0v) is 11.1. The number of carbonyl (C=O) groups excluding carboxylic acids is 1. The molecule has 0 bridgehead atoms. The van der Waals surface area contributed by atoms with Crippen LogP contribution in [0, 0.1) is 11.7 Å². The molecule has 3 rings (SSSR count). The van der Waals surface area contributed by atoms with Crippen LogP contribution in [0.1, 0.15) is 37.3 Å². The summed E-state index contributed by atoms with van der Waals surface area (Å²) in [7, 11) is 1.85. The predicted molar refractivity (Wildman–Crippen MR) is 71.2 cm³/mol. The lowest BCUT2D eigenvalue weighted by molar-refractivity contribution is 0.201. The molecule has 1 atom stereocenters. The van der Waals surface area contributed by atoms with Gasteiger partial charge in [0.15, 0.2) is 0 Å². The summed E-state index contributed by atoms with van der Waals surface area (Å²) in [5.74, 6) is 0.265. The maximum atomic E-state index is 13.0. The van der Waals surface area contributed by atoms with Gasteiger partial charge in [-0.15, -0.1) is 0 Å². The topological polar surface area (TPSA) is 32.3 Å². The normalized spacial score (nSPS) is 19.9. The Morgan fingerprint density at radius 2 is 1.89 bits per heavy atom. The second-order valence-electron chi connectivity index (χ2n) is 5.66. The fourth-order valence-corrected chi connectivity index (χ4v) is 2.44. The van der Waals surface area contributed by atoms with Gasteiger partial charge in [-0.25, -0.2) is 9.18 Å². The first-order valence-corrected chi connectivity index (χ1v) is 6.94. The quantitative estimate of drug-likeness (QED) is 0.888. The highest BCUT2D eigenvalue weighted by molar-refractivity contribution is 5.75. The molecule has 2 aliphatic carbocycles. The Bertz CT molecular complexity index is 466. The number of benzene rings is 1. The number of halogens is 1. The molecule has 0 spiro atoms. The van der Waals surface area contributed by atoms with Crippen molar-refractivity contribution in [1.82, 2.24) is 10.2 Å². The molecule has 3 nitrogen and oxygen atoms in total. The molecule has 2 fully saturated rings. The lowest BCUT2D eigenvalue weighted by Crippen LogP contribution is -2.41. The second kappa shape index (κ2) is 4.83. The van der Waals surface area contributed by atoms with Crippen LogP contribution in [-0.2, 0) is 0 Å². The van der Waals surface area contributed by atoms with E-state index in [9.17, 15) is 9.18 Å². The van der Waals surface area contributed by atoms with Crippen LogP contribution in [0.5, 0.6) is 0 Å². The van der Waals surface area contributed by atoms with Gasteiger partial charge in [-0.3, -0.25) is 0 Å². The van der Waals surface area contributed by atoms with Crippen molar-refractivity contribution < 1.29 is 9.18 Å². The summed E-state index contributed by atoms with van der Waals surface area (Å²) in [6, 6.07) is 6.89. The van der Waals surface area contributed by atoms with Gasteiger partial charge in [0.2, 0.25) is 0 Å². The number of nitrogens with zero attached hydrogens (tertiary/aromatic N) is 1. The van der Waals surface area contributed by atoms with E-state index in [-0.39, 0.29) is 17.9 Å². The molecule has 1 aromatic rings. The molecular formula is C15H19FN2O. The average molecular weight is 262 g/mol. The summed E-state index contributed by atoms with van der Waals surface area (Å²) < 4.78 is 13.0. The van der Waals surface area contributed by atoms with Gasteiger partial charge in [-0.2, -0.15) is 0 Å². The smallest absolute Gasteiger partial charge is 0.317 e. The molecule has 1 N–H and O–H groups in total. The largest absolute Gasteiger partial charge is 0.331 e. The molecule has 2 saturated carbocycles. The summed E-state index contributed by atoms with van der Waals surface area (Å²) >= 11 is 0. The molecule has 0 aliphatic heterocycles. The Balaban J connectivity index is 1.70. The minimum absolute atomic E-state index is 0.0104. The van der Waals surface area contributed by atoms with Crippen LogP contribution in [0.3, 0.4) is 0 Å². The number of carbonyl (C=O) groups is 1. The SMILES string of the molecule is CN(C(=O)N[C@H](c1ccc(F)cc1)C1CC1)C1CC1. The highest BCUT2D eigenvalue weighted by atomic mass is 19.1. The molecule has 0 saturated heterocycles. The van der Waals surface area contributed by atoms with Gasteiger partial charge in [0, 0.05) is 13.1 Å². The minimum atomic E-state index is -0.236. The summed E-state index contributed by atoms with van der Waals surface area (Å²) in [6.45, 7) is 0. The Labute approximate surface area is 112 Å². The van der Waals surface area contributed by atoms with Crippen molar-refractivity contribution in [1.29, 1.82) is 0 Å². The number of amides is 2. The minimum Gasteiger partial charge on any atom is -0.331 e. The van der Waals surface area contributed by atoms with Crippen LogP contribution in [0.15, 0.2) is 24.3 Å². The Kier molecular flexibility index (Phi) is 3.17. The molecule has 0 unspecified atom stereocenters. The van der Waals surface area contributed by atoms with Gasteiger partial charge in [0.1, 0.15) is 5.82 Å². The van der Waals surface area contributed by atoms with Gasteiger partial charge in [0.25, 0.3) is 0 Å². The molecule has 102 valence electrons. The highest BCUT2D eigenvalue weighted by Gasteiger charge is 2.36. The maximum Gasteiger partial charge on any atom is 0.317 e. The molecular weight excluding hydrogens is 243 g/mol. The van der Waals surface area contributed by atoms with Gasteiger partial charge >= 0.3 is 6.03 Å². The zero-order valence-electron chi connectivity index (χ0n) is 11.1. The first-order valence-electron chi connectivity index (χ1n) is 6.94. The fraction of sp³-hybridized carbons (Fsp3) is 0.533. The van der Waals surface area contributed by atoms with Gasteiger partial charge in [-0.1, -0.05) is 12.1 Å². The summed E-state index contributed by atoms with van der Waals surface area (Å²) in [4.78, 5) is 13.9. The molecule has 0 heterocycles. The maximum absolute atomic E-state index is 13.0. The summed E-state index contributed by atoms with van der Waals surface area (Å²) in [5, 5.41) is 3.10. The van der Waals surface area contributed by atoms with E-state index in [0.29, 0.717) is 12.0 Å². The van der Waals surface area contributed by atoms with Crippen molar-refractivity contribution in [3.05, 3.63) is 35.6 Å². The Hall–Kier alpha value is -1.58. The zero-order chi connectivity index (χ0) is 13.4. The lowest BCUT2D eigenvalue weighted by atomic mass is 10.0.